The normalized spacial score (nSPS) is 14.3. The fourth-order valence-electron chi connectivity index (χ4n) is 2.14. The van der Waals surface area contributed by atoms with Crippen molar-refractivity contribution in [2.24, 2.45) is 7.05 Å². The van der Waals surface area contributed by atoms with Crippen LogP contribution in [0.2, 0.25) is 0 Å². The van der Waals surface area contributed by atoms with Crippen LogP contribution in [0.15, 0.2) is 22.0 Å². The van der Waals surface area contributed by atoms with Crippen LogP contribution in [0.5, 0.6) is 0 Å². The summed E-state index contributed by atoms with van der Waals surface area (Å²) in [6.07, 6.45) is 2.35. The average Bonchev–Trinajstić information content (AvgIpc) is 3.04. The molecule has 0 aliphatic heterocycles. The minimum absolute atomic E-state index is 0.0000670. The summed E-state index contributed by atoms with van der Waals surface area (Å²) >= 11 is 2.89. The lowest BCUT2D eigenvalue weighted by Gasteiger charge is -2.22. The lowest BCUT2D eigenvalue weighted by molar-refractivity contribution is -0.133. The minimum atomic E-state index is -0.845. The van der Waals surface area contributed by atoms with Crippen LogP contribution in [-0.4, -0.2) is 37.6 Å². The number of nitrogens with zero attached hydrogens (tertiary/aromatic N) is 4. The lowest BCUT2D eigenvalue weighted by atomic mass is 10.3. The van der Waals surface area contributed by atoms with E-state index in [1.165, 1.54) is 30.2 Å². The number of thiophene rings is 1. The van der Waals surface area contributed by atoms with Crippen LogP contribution in [0.3, 0.4) is 0 Å². The van der Waals surface area contributed by atoms with Gasteiger partial charge in [0.05, 0.1) is 5.75 Å². The summed E-state index contributed by atoms with van der Waals surface area (Å²) in [5.41, 5.74) is 1.27. The van der Waals surface area contributed by atoms with E-state index in [4.69, 9.17) is 5.11 Å². The third-order valence-corrected chi connectivity index (χ3v) is 5.05. The second-order valence-electron chi connectivity index (χ2n) is 5.01. The number of hydrogen-bond donors (Lipinski definition) is 1. The number of carboxylic acids is 1. The molecule has 1 aliphatic rings. The van der Waals surface area contributed by atoms with Crippen LogP contribution in [0.1, 0.15) is 18.4 Å². The summed E-state index contributed by atoms with van der Waals surface area (Å²) in [7, 11) is 1.89. The van der Waals surface area contributed by atoms with Crippen molar-refractivity contribution in [2.45, 2.75) is 30.6 Å². The molecule has 1 aliphatic carbocycles. The van der Waals surface area contributed by atoms with Crippen molar-refractivity contribution in [2.75, 3.05) is 10.7 Å². The summed E-state index contributed by atoms with van der Waals surface area (Å²) in [4.78, 5) is 12.9. The van der Waals surface area contributed by atoms with Crippen molar-refractivity contribution in [3.63, 3.8) is 0 Å². The highest BCUT2D eigenvalue weighted by Crippen LogP contribution is 2.33. The first-order chi connectivity index (χ1) is 10.1. The Morgan fingerprint density at radius 3 is 3.00 bits per heavy atom. The molecule has 112 valence electrons. The highest BCUT2D eigenvalue weighted by Gasteiger charge is 2.32. The van der Waals surface area contributed by atoms with Crippen molar-refractivity contribution in [1.29, 1.82) is 0 Å². The fourth-order valence-corrected chi connectivity index (χ4v) is 3.42. The maximum absolute atomic E-state index is 10.7. The maximum atomic E-state index is 10.7. The van der Waals surface area contributed by atoms with E-state index in [0.717, 1.165) is 12.5 Å². The van der Waals surface area contributed by atoms with E-state index in [1.807, 2.05) is 11.6 Å². The molecule has 0 amide bonds. The Kier molecular flexibility index (Phi) is 4.16. The van der Waals surface area contributed by atoms with Gasteiger partial charge in [-0.1, -0.05) is 11.8 Å². The molecule has 1 saturated carbocycles. The third kappa shape index (κ3) is 3.38. The number of anilines is 1. The van der Waals surface area contributed by atoms with E-state index >= 15 is 0 Å². The van der Waals surface area contributed by atoms with Gasteiger partial charge in [-0.05, 0) is 35.2 Å². The SMILES string of the molecule is Cn1c(SCC(=O)O)nnc1N(Cc1ccsc1)C1CC1. The smallest absolute Gasteiger partial charge is 0.313 e. The first kappa shape index (κ1) is 14.4. The molecule has 0 spiro atoms. The van der Waals surface area contributed by atoms with Crippen molar-refractivity contribution in [1.82, 2.24) is 14.8 Å². The predicted molar refractivity (Wildman–Crippen MR) is 82.9 cm³/mol. The lowest BCUT2D eigenvalue weighted by Crippen LogP contribution is -2.27. The zero-order chi connectivity index (χ0) is 14.8. The van der Waals surface area contributed by atoms with Crippen LogP contribution in [-0.2, 0) is 18.4 Å². The van der Waals surface area contributed by atoms with Crippen LogP contribution < -0.4 is 4.90 Å². The van der Waals surface area contributed by atoms with Crippen molar-refractivity contribution in [3.8, 4) is 0 Å². The number of carbonyl (C=O) groups is 1. The molecule has 6 nitrogen and oxygen atoms in total. The zero-order valence-corrected chi connectivity index (χ0v) is 13.2. The van der Waals surface area contributed by atoms with Gasteiger partial charge in [-0.25, -0.2) is 0 Å². The van der Waals surface area contributed by atoms with Gasteiger partial charge < -0.3 is 10.0 Å². The molecule has 8 heteroatoms. The van der Waals surface area contributed by atoms with Gasteiger partial charge >= 0.3 is 5.97 Å². The topological polar surface area (TPSA) is 71.2 Å². The molecule has 0 unspecified atom stereocenters. The van der Waals surface area contributed by atoms with Gasteiger partial charge in [0.15, 0.2) is 5.16 Å². The Hall–Kier alpha value is -1.54. The van der Waals surface area contributed by atoms with E-state index in [2.05, 4.69) is 31.9 Å². The monoisotopic (exact) mass is 324 g/mol. The van der Waals surface area contributed by atoms with Crippen LogP contribution >= 0.6 is 23.1 Å². The number of carboxylic acid groups (broad SMARTS) is 1. The number of aliphatic carboxylic acids is 1. The van der Waals surface area contributed by atoms with Gasteiger partial charge in [0, 0.05) is 19.6 Å². The number of hydrogen-bond acceptors (Lipinski definition) is 6. The Morgan fingerprint density at radius 1 is 1.57 bits per heavy atom. The van der Waals surface area contributed by atoms with E-state index in [0.29, 0.717) is 11.2 Å². The number of rotatable bonds is 7. The van der Waals surface area contributed by atoms with Gasteiger partial charge in [-0.15, -0.1) is 10.2 Å². The molecule has 0 bridgehead atoms. The quantitative estimate of drug-likeness (QED) is 0.788. The highest BCUT2D eigenvalue weighted by molar-refractivity contribution is 7.99. The summed E-state index contributed by atoms with van der Waals surface area (Å²) < 4.78 is 1.89. The second-order valence-corrected chi connectivity index (χ2v) is 6.74. The minimum Gasteiger partial charge on any atom is -0.481 e. The molecule has 21 heavy (non-hydrogen) atoms. The Balaban J connectivity index is 1.78. The van der Waals surface area contributed by atoms with Crippen LogP contribution in [0.25, 0.3) is 0 Å². The number of aromatic nitrogens is 3. The zero-order valence-electron chi connectivity index (χ0n) is 11.6. The molecular weight excluding hydrogens is 308 g/mol. The van der Waals surface area contributed by atoms with Crippen molar-refractivity contribution < 1.29 is 9.90 Å². The van der Waals surface area contributed by atoms with Gasteiger partial charge in [0.1, 0.15) is 0 Å². The number of thioether (sulfide) groups is 1. The van der Waals surface area contributed by atoms with Gasteiger partial charge in [-0.2, -0.15) is 11.3 Å². The van der Waals surface area contributed by atoms with Crippen molar-refractivity contribution in [3.05, 3.63) is 22.4 Å². The standard InChI is InChI=1S/C13H16N4O2S2/c1-16-12(14-15-13(16)21-8-11(18)19)17(10-2-3-10)6-9-4-5-20-7-9/h4-5,7,10H,2-3,6,8H2,1H3,(H,18,19). The van der Waals surface area contributed by atoms with Gasteiger partial charge in [0.25, 0.3) is 0 Å². The highest BCUT2D eigenvalue weighted by atomic mass is 32.2. The van der Waals surface area contributed by atoms with E-state index in [9.17, 15) is 4.79 Å². The Bertz CT molecular complexity index is 622. The molecular formula is C13H16N4O2S2. The van der Waals surface area contributed by atoms with Crippen LogP contribution in [0.4, 0.5) is 5.95 Å². The molecule has 1 fully saturated rings. The molecule has 1 N–H and O–H groups in total. The first-order valence-electron chi connectivity index (χ1n) is 6.67. The van der Waals surface area contributed by atoms with Crippen molar-refractivity contribution >= 4 is 35.0 Å². The van der Waals surface area contributed by atoms with Crippen LogP contribution in [0, 0.1) is 0 Å². The summed E-state index contributed by atoms with van der Waals surface area (Å²) in [6, 6.07) is 2.64. The van der Waals surface area contributed by atoms with E-state index in [1.54, 1.807) is 11.3 Å². The molecule has 2 heterocycles. The molecule has 3 rings (SSSR count). The molecule has 2 aromatic rings. The average molecular weight is 324 g/mol. The Labute approximate surface area is 130 Å². The molecule has 0 radical (unpaired) electrons. The van der Waals surface area contributed by atoms with E-state index in [-0.39, 0.29) is 5.75 Å². The molecule has 2 aromatic heterocycles. The summed E-state index contributed by atoms with van der Waals surface area (Å²) in [5, 5.41) is 22.0. The largest absolute Gasteiger partial charge is 0.481 e. The first-order valence-corrected chi connectivity index (χ1v) is 8.59. The molecule has 0 saturated heterocycles. The predicted octanol–water partition coefficient (Wildman–Crippen LogP) is 2.22. The molecule has 0 atom stereocenters. The summed E-state index contributed by atoms with van der Waals surface area (Å²) in [6.45, 7) is 0.823. The Morgan fingerprint density at radius 2 is 2.38 bits per heavy atom. The van der Waals surface area contributed by atoms with Gasteiger partial charge in [-0.3, -0.25) is 9.36 Å². The third-order valence-electron chi connectivity index (χ3n) is 3.31. The fraction of sp³-hybridized carbons (Fsp3) is 0.462. The second kappa shape index (κ2) is 6.07. The van der Waals surface area contributed by atoms with E-state index < -0.39 is 5.97 Å². The molecule has 0 aromatic carbocycles. The maximum Gasteiger partial charge on any atom is 0.313 e. The van der Waals surface area contributed by atoms with Gasteiger partial charge in [0.2, 0.25) is 5.95 Å². The summed E-state index contributed by atoms with van der Waals surface area (Å²) in [5.74, 6) is -0.0293.